The molecule has 30 heavy (non-hydrogen) atoms. The van der Waals surface area contributed by atoms with E-state index in [2.05, 4.69) is 5.32 Å². The second kappa shape index (κ2) is 9.21. The first-order valence-corrected chi connectivity index (χ1v) is 13.0. The molecule has 0 bridgehead atoms. The first-order valence-electron chi connectivity index (χ1n) is 9.32. The van der Waals surface area contributed by atoms with Gasteiger partial charge in [0.05, 0.1) is 32.5 Å². The van der Waals surface area contributed by atoms with Crippen molar-refractivity contribution in [1.82, 2.24) is 9.62 Å². The zero-order chi connectivity index (χ0) is 22.7. The van der Waals surface area contributed by atoms with Gasteiger partial charge in [0.1, 0.15) is 0 Å². The Labute approximate surface area is 181 Å². The molecule has 1 N–H and O–H groups in total. The van der Waals surface area contributed by atoms with E-state index in [4.69, 9.17) is 16.3 Å². The summed E-state index contributed by atoms with van der Waals surface area (Å²) in [6.45, 7) is 4.86. The Morgan fingerprint density at radius 3 is 2.43 bits per heavy atom. The average Bonchev–Trinajstić information content (AvgIpc) is 2.93. The lowest BCUT2D eigenvalue weighted by Gasteiger charge is -2.23. The second-order valence-corrected chi connectivity index (χ2v) is 11.8. The van der Waals surface area contributed by atoms with Crippen molar-refractivity contribution in [2.75, 3.05) is 31.2 Å². The Balaban J connectivity index is 2.09. The minimum atomic E-state index is -3.81. The molecule has 12 heteroatoms. The van der Waals surface area contributed by atoms with Gasteiger partial charge in [0, 0.05) is 13.1 Å². The molecule has 1 aromatic rings. The standard InChI is InChI=1S/C18H25ClN2O7S2/c1-4-21(5-2)30(26,27)13-6-7-15(19)14(10-13)17(23)28-11-16(22)20-18(3)8-9-29(24,25)12-18/h6-7,10H,4-5,8-9,11-12H2,1-3H3,(H,20,22). The van der Waals surface area contributed by atoms with Gasteiger partial charge in [-0.2, -0.15) is 4.31 Å². The van der Waals surface area contributed by atoms with Gasteiger partial charge in [-0.15, -0.1) is 0 Å². The molecule has 0 aromatic heterocycles. The summed E-state index contributed by atoms with van der Waals surface area (Å²) in [5.74, 6) is -1.83. The molecule has 1 unspecified atom stereocenters. The molecule has 9 nitrogen and oxygen atoms in total. The van der Waals surface area contributed by atoms with Gasteiger partial charge in [0.25, 0.3) is 5.91 Å². The highest BCUT2D eigenvalue weighted by Crippen LogP contribution is 2.24. The van der Waals surface area contributed by atoms with Crippen LogP contribution < -0.4 is 5.32 Å². The molecule has 0 radical (unpaired) electrons. The van der Waals surface area contributed by atoms with Crippen molar-refractivity contribution in [3.8, 4) is 0 Å². The normalized spacial score (nSPS) is 20.8. The number of hydrogen-bond acceptors (Lipinski definition) is 7. The van der Waals surface area contributed by atoms with E-state index < -0.39 is 43.9 Å². The topological polar surface area (TPSA) is 127 Å². The molecule has 2 rings (SSSR count). The average molecular weight is 481 g/mol. The number of halogens is 1. The van der Waals surface area contributed by atoms with Crippen LogP contribution in [-0.2, 0) is 29.4 Å². The maximum absolute atomic E-state index is 12.6. The van der Waals surface area contributed by atoms with Gasteiger partial charge < -0.3 is 10.1 Å². The first kappa shape index (κ1) is 24.6. The number of nitrogens with zero attached hydrogens (tertiary/aromatic N) is 1. The highest BCUT2D eigenvalue weighted by Gasteiger charge is 2.39. The van der Waals surface area contributed by atoms with E-state index in [0.717, 1.165) is 6.07 Å². The molecule has 1 heterocycles. The summed E-state index contributed by atoms with van der Waals surface area (Å²) in [6, 6.07) is 3.68. The minimum Gasteiger partial charge on any atom is -0.452 e. The van der Waals surface area contributed by atoms with Gasteiger partial charge >= 0.3 is 5.97 Å². The van der Waals surface area contributed by atoms with E-state index >= 15 is 0 Å². The highest BCUT2D eigenvalue weighted by molar-refractivity contribution is 7.91. The van der Waals surface area contributed by atoms with E-state index in [-0.39, 0.29) is 46.5 Å². The number of carbonyl (C=O) groups excluding carboxylic acids is 2. The van der Waals surface area contributed by atoms with Crippen molar-refractivity contribution < 1.29 is 31.2 Å². The lowest BCUT2D eigenvalue weighted by Crippen LogP contribution is -2.48. The molecule has 0 aliphatic carbocycles. The molecule has 1 aliphatic rings. The summed E-state index contributed by atoms with van der Waals surface area (Å²) in [5.41, 5.74) is -1.11. The summed E-state index contributed by atoms with van der Waals surface area (Å²) in [4.78, 5) is 24.4. The fourth-order valence-corrected chi connectivity index (χ4v) is 7.00. The third-order valence-corrected chi connectivity index (χ3v) is 9.06. The van der Waals surface area contributed by atoms with Gasteiger partial charge in [-0.25, -0.2) is 21.6 Å². The quantitative estimate of drug-likeness (QED) is 0.554. The maximum atomic E-state index is 12.6. The summed E-state index contributed by atoms with van der Waals surface area (Å²) >= 11 is 6.02. The van der Waals surface area contributed by atoms with Crippen molar-refractivity contribution >= 4 is 43.3 Å². The Morgan fingerprint density at radius 1 is 1.27 bits per heavy atom. The summed E-state index contributed by atoms with van der Waals surface area (Å²) < 4.78 is 54.7. The van der Waals surface area contributed by atoms with Crippen LogP contribution in [0.25, 0.3) is 0 Å². The monoisotopic (exact) mass is 480 g/mol. The SMILES string of the molecule is CCN(CC)S(=O)(=O)c1ccc(Cl)c(C(=O)OCC(=O)NC2(C)CCS(=O)(=O)C2)c1. The van der Waals surface area contributed by atoms with E-state index in [9.17, 15) is 26.4 Å². The number of sulfone groups is 1. The summed E-state index contributed by atoms with van der Waals surface area (Å²) in [7, 11) is -7.02. The van der Waals surface area contributed by atoms with Crippen LogP contribution in [0.4, 0.5) is 0 Å². The number of sulfonamides is 1. The number of amides is 1. The van der Waals surface area contributed by atoms with Crippen molar-refractivity contribution in [2.24, 2.45) is 0 Å². The molecule has 1 atom stereocenters. The lowest BCUT2D eigenvalue weighted by atomic mass is 10.0. The summed E-state index contributed by atoms with van der Waals surface area (Å²) in [5, 5.41) is 2.55. The van der Waals surface area contributed by atoms with Crippen molar-refractivity contribution in [2.45, 2.75) is 37.6 Å². The predicted molar refractivity (Wildman–Crippen MR) is 112 cm³/mol. The van der Waals surface area contributed by atoms with Crippen LogP contribution in [0, 0.1) is 0 Å². The number of benzene rings is 1. The van der Waals surface area contributed by atoms with Crippen molar-refractivity contribution in [3.63, 3.8) is 0 Å². The summed E-state index contributed by atoms with van der Waals surface area (Å²) in [6.07, 6.45) is 0.270. The predicted octanol–water partition coefficient (Wildman–Crippen LogP) is 1.22. The smallest absolute Gasteiger partial charge is 0.340 e. The van der Waals surface area contributed by atoms with Gasteiger partial charge in [-0.05, 0) is 31.5 Å². The maximum Gasteiger partial charge on any atom is 0.340 e. The lowest BCUT2D eigenvalue weighted by molar-refractivity contribution is -0.125. The van der Waals surface area contributed by atoms with E-state index in [0.29, 0.717) is 0 Å². The van der Waals surface area contributed by atoms with Crippen LogP contribution in [0.2, 0.25) is 5.02 Å². The Hall–Kier alpha value is -1.69. The molecule has 1 saturated heterocycles. The molecular weight excluding hydrogens is 456 g/mol. The fraction of sp³-hybridized carbons (Fsp3) is 0.556. The van der Waals surface area contributed by atoms with Crippen LogP contribution in [-0.4, -0.2) is 69.8 Å². The number of ether oxygens (including phenoxy) is 1. The van der Waals surface area contributed by atoms with E-state index in [1.54, 1.807) is 20.8 Å². The zero-order valence-electron chi connectivity index (χ0n) is 17.0. The van der Waals surface area contributed by atoms with Gasteiger partial charge in [0.2, 0.25) is 10.0 Å². The molecule has 1 aromatic carbocycles. The van der Waals surface area contributed by atoms with Gasteiger partial charge in [0.15, 0.2) is 16.4 Å². The first-order chi connectivity index (χ1) is 13.8. The van der Waals surface area contributed by atoms with Crippen molar-refractivity contribution in [3.05, 3.63) is 28.8 Å². The van der Waals surface area contributed by atoms with E-state index in [1.807, 2.05) is 0 Å². The number of rotatable bonds is 8. The molecule has 1 amide bonds. The molecule has 0 spiro atoms. The third-order valence-electron chi connectivity index (χ3n) is 4.78. The highest BCUT2D eigenvalue weighted by atomic mass is 35.5. The molecule has 1 fully saturated rings. The van der Waals surface area contributed by atoms with Crippen molar-refractivity contribution in [1.29, 1.82) is 0 Å². The second-order valence-electron chi connectivity index (χ2n) is 7.26. The Kier molecular flexibility index (Phi) is 7.54. The number of esters is 1. The molecule has 168 valence electrons. The van der Waals surface area contributed by atoms with Crippen LogP contribution >= 0.6 is 11.6 Å². The Morgan fingerprint density at radius 2 is 1.90 bits per heavy atom. The molecule has 1 aliphatic heterocycles. The largest absolute Gasteiger partial charge is 0.452 e. The Bertz CT molecular complexity index is 1040. The number of hydrogen-bond donors (Lipinski definition) is 1. The molecular formula is C18H25ClN2O7S2. The third kappa shape index (κ3) is 5.71. The number of carbonyl (C=O) groups is 2. The van der Waals surface area contributed by atoms with E-state index in [1.165, 1.54) is 16.4 Å². The van der Waals surface area contributed by atoms with Crippen LogP contribution in [0.15, 0.2) is 23.1 Å². The van der Waals surface area contributed by atoms with Gasteiger partial charge in [-0.1, -0.05) is 25.4 Å². The van der Waals surface area contributed by atoms with Crippen LogP contribution in [0.1, 0.15) is 37.6 Å². The minimum absolute atomic E-state index is 0.0206. The van der Waals surface area contributed by atoms with Gasteiger partial charge in [-0.3, -0.25) is 4.79 Å². The van der Waals surface area contributed by atoms with Crippen LogP contribution in [0.5, 0.6) is 0 Å². The molecule has 0 saturated carbocycles. The zero-order valence-corrected chi connectivity index (χ0v) is 19.4. The number of nitrogens with one attached hydrogen (secondary N) is 1. The van der Waals surface area contributed by atoms with Crippen LogP contribution in [0.3, 0.4) is 0 Å². The fourth-order valence-electron chi connectivity index (χ4n) is 3.22.